The van der Waals surface area contributed by atoms with E-state index in [4.69, 9.17) is 5.26 Å². The quantitative estimate of drug-likeness (QED) is 0.415. The Kier molecular flexibility index (Phi) is 6.89. The van der Waals surface area contributed by atoms with Gasteiger partial charge >= 0.3 is 0 Å². The van der Waals surface area contributed by atoms with Crippen LogP contribution in [0.5, 0.6) is 0 Å². The number of aliphatic imine (C=N–C) groups is 1. The Hall–Kier alpha value is -3.40. The van der Waals surface area contributed by atoms with E-state index in [1.54, 1.807) is 24.7 Å². The van der Waals surface area contributed by atoms with Gasteiger partial charge in [-0.1, -0.05) is 31.5 Å². The molecule has 0 bridgehead atoms. The first-order chi connectivity index (χ1) is 12.9. The zero-order chi connectivity index (χ0) is 19.7. The van der Waals surface area contributed by atoms with E-state index in [0.717, 1.165) is 11.3 Å². The van der Waals surface area contributed by atoms with E-state index >= 15 is 0 Å². The molecule has 7 heteroatoms. The van der Waals surface area contributed by atoms with Crippen LogP contribution in [0.4, 0.5) is 5.69 Å². The minimum absolute atomic E-state index is 0.109. The lowest BCUT2D eigenvalue weighted by molar-refractivity contribution is 0.0937. The Morgan fingerprint density at radius 2 is 1.89 bits per heavy atom. The van der Waals surface area contributed by atoms with E-state index < -0.39 is 0 Å². The summed E-state index contributed by atoms with van der Waals surface area (Å²) in [7, 11) is 0. The Labute approximate surface area is 159 Å². The molecule has 0 aliphatic heterocycles. The van der Waals surface area contributed by atoms with Crippen molar-refractivity contribution in [3.8, 4) is 6.19 Å². The lowest BCUT2D eigenvalue weighted by Crippen LogP contribution is -2.43. The third-order valence-electron chi connectivity index (χ3n) is 3.86. The number of nitrogens with zero attached hydrogens (tertiary/aromatic N) is 3. The Balaban J connectivity index is 1.88. The number of hydrogen-bond donors (Lipinski definition) is 3. The second kappa shape index (κ2) is 9.34. The van der Waals surface area contributed by atoms with Crippen molar-refractivity contribution < 1.29 is 4.79 Å². The number of carbonyl (C=O) groups excluding carboxylic acids is 1. The number of guanidine groups is 1. The molecule has 0 unspecified atom stereocenters. The summed E-state index contributed by atoms with van der Waals surface area (Å²) >= 11 is 0. The highest BCUT2D eigenvalue weighted by Gasteiger charge is 2.20. The van der Waals surface area contributed by atoms with E-state index in [2.05, 4.69) is 25.9 Å². The molecule has 0 radical (unpaired) electrons. The second-order valence-electron chi connectivity index (χ2n) is 6.99. The minimum Gasteiger partial charge on any atom is -0.355 e. The van der Waals surface area contributed by atoms with Crippen LogP contribution in [-0.4, -0.2) is 29.9 Å². The van der Waals surface area contributed by atoms with Gasteiger partial charge in [0, 0.05) is 24.8 Å². The molecular formula is C20H24N6O. The van der Waals surface area contributed by atoms with Gasteiger partial charge in [0.15, 0.2) is 0 Å². The van der Waals surface area contributed by atoms with Gasteiger partial charge in [0.25, 0.3) is 5.91 Å². The van der Waals surface area contributed by atoms with Gasteiger partial charge in [-0.2, -0.15) is 5.26 Å². The van der Waals surface area contributed by atoms with Crippen LogP contribution in [0.2, 0.25) is 0 Å². The Bertz CT molecular complexity index is 822. The predicted molar refractivity (Wildman–Crippen MR) is 106 cm³/mol. The fourth-order valence-corrected chi connectivity index (χ4v) is 2.25. The van der Waals surface area contributed by atoms with Crippen LogP contribution in [0.1, 0.15) is 29.8 Å². The van der Waals surface area contributed by atoms with Crippen molar-refractivity contribution in [1.82, 2.24) is 15.6 Å². The average Bonchev–Trinajstić information content (AvgIpc) is 2.66. The first-order valence-corrected chi connectivity index (χ1v) is 8.62. The van der Waals surface area contributed by atoms with E-state index in [1.807, 2.05) is 51.1 Å². The zero-order valence-electron chi connectivity index (χ0n) is 15.8. The van der Waals surface area contributed by atoms with Crippen molar-refractivity contribution in [3.63, 3.8) is 0 Å². The fourth-order valence-electron chi connectivity index (χ4n) is 2.25. The Morgan fingerprint density at radius 1 is 1.19 bits per heavy atom. The standard InChI is InChI=1S/C20H24N6O/c1-15-6-8-16(9-7-15)18(27)23-12-20(2,3)13-24-19(25-14-21)26-17-5-4-10-22-11-17/h4-11H,12-13H2,1-3H3,(H,23,27)(H2,24,25,26). The van der Waals surface area contributed by atoms with Crippen molar-refractivity contribution in [2.24, 2.45) is 10.4 Å². The summed E-state index contributed by atoms with van der Waals surface area (Å²) < 4.78 is 0. The van der Waals surface area contributed by atoms with E-state index in [9.17, 15) is 4.79 Å². The second-order valence-corrected chi connectivity index (χ2v) is 6.99. The van der Waals surface area contributed by atoms with Crippen LogP contribution in [-0.2, 0) is 0 Å². The molecule has 0 aliphatic carbocycles. The summed E-state index contributed by atoms with van der Waals surface area (Å²) in [5.74, 6) is 0.228. The van der Waals surface area contributed by atoms with Gasteiger partial charge in [-0.25, -0.2) is 0 Å². The van der Waals surface area contributed by atoms with Gasteiger partial charge in [0.2, 0.25) is 12.2 Å². The summed E-state index contributed by atoms with van der Waals surface area (Å²) in [6, 6.07) is 11.1. The molecule has 7 nitrogen and oxygen atoms in total. The first-order valence-electron chi connectivity index (χ1n) is 8.62. The smallest absolute Gasteiger partial charge is 0.251 e. The maximum Gasteiger partial charge on any atom is 0.251 e. The normalized spacial score (nSPS) is 11.4. The monoisotopic (exact) mass is 364 g/mol. The molecule has 2 aromatic rings. The number of aryl methyl sites for hydroxylation is 1. The average molecular weight is 364 g/mol. The van der Waals surface area contributed by atoms with Crippen LogP contribution < -0.4 is 16.0 Å². The summed E-state index contributed by atoms with van der Waals surface area (Å²) in [5.41, 5.74) is 2.22. The number of aromatic nitrogens is 1. The summed E-state index contributed by atoms with van der Waals surface area (Å²) in [4.78, 5) is 20.0. The fraction of sp³-hybridized carbons (Fsp3) is 0.300. The molecule has 0 aliphatic rings. The molecular weight excluding hydrogens is 340 g/mol. The van der Waals surface area contributed by atoms with Crippen molar-refractivity contribution in [2.75, 3.05) is 18.4 Å². The molecule has 1 amide bonds. The van der Waals surface area contributed by atoms with Crippen molar-refractivity contribution >= 4 is 17.6 Å². The van der Waals surface area contributed by atoms with Crippen LogP contribution >= 0.6 is 0 Å². The highest BCUT2D eigenvalue weighted by atomic mass is 16.1. The topological polar surface area (TPSA) is 102 Å². The van der Waals surface area contributed by atoms with Gasteiger partial charge < -0.3 is 16.0 Å². The molecule has 1 heterocycles. The zero-order valence-corrected chi connectivity index (χ0v) is 15.8. The molecule has 1 aromatic carbocycles. The highest BCUT2D eigenvalue weighted by molar-refractivity contribution is 5.94. The van der Waals surface area contributed by atoms with E-state index in [-0.39, 0.29) is 11.3 Å². The highest BCUT2D eigenvalue weighted by Crippen LogP contribution is 2.13. The molecule has 0 spiro atoms. The number of carbonyl (C=O) groups is 1. The molecule has 0 atom stereocenters. The van der Waals surface area contributed by atoms with Crippen LogP contribution in [0.25, 0.3) is 0 Å². The molecule has 0 fully saturated rings. The molecule has 27 heavy (non-hydrogen) atoms. The first kappa shape index (κ1) is 19.9. The third-order valence-corrected chi connectivity index (χ3v) is 3.86. The van der Waals surface area contributed by atoms with Crippen LogP contribution in [0.15, 0.2) is 53.8 Å². The van der Waals surface area contributed by atoms with Crippen LogP contribution in [0, 0.1) is 23.8 Å². The molecule has 2 rings (SSSR count). The number of pyridine rings is 1. The predicted octanol–water partition coefficient (Wildman–Crippen LogP) is 2.68. The third kappa shape index (κ3) is 6.78. The maximum atomic E-state index is 12.3. The number of benzene rings is 1. The van der Waals surface area contributed by atoms with Crippen molar-refractivity contribution in [3.05, 3.63) is 59.9 Å². The van der Waals surface area contributed by atoms with Gasteiger partial charge in [-0.15, -0.1) is 4.99 Å². The van der Waals surface area contributed by atoms with Crippen molar-refractivity contribution in [2.45, 2.75) is 20.8 Å². The number of nitriles is 1. The molecule has 140 valence electrons. The van der Waals surface area contributed by atoms with E-state index in [0.29, 0.717) is 24.6 Å². The van der Waals surface area contributed by atoms with Crippen LogP contribution in [0.3, 0.4) is 0 Å². The number of nitrogens with one attached hydrogen (secondary N) is 3. The lowest BCUT2D eigenvalue weighted by Gasteiger charge is -2.26. The summed E-state index contributed by atoms with van der Waals surface area (Å²) in [6.45, 7) is 7.00. The lowest BCUT2D eigenvalue weighted by atomic mass is 9.93. The molecule has 1 aromatic heterocycles. The summed E-state index contributed by atoms with van der Waals surface area (Å²) in [6.07, 6.45) is 5.08. The van der Waals surface area contributed by atoms with Gasteiger partial charge in [-0.05, 0) is 36.6 Å². The molecule has 0 saturated heterocycles. The maximum absolute atomic E-state index is 12.3. The molecule has 3 N–H and O–H groups in total. The minimum atomic E-state index is -0.257. The SMILES string of the molecule is Cc1ccc(C(=O)NCC(C)(C)CNC(=NC#N)Nc2cccnc2)cc1. The Morgan fingerprint density at radius 3 is 2.52 bits per heavy atom. The summed E-state index contributed by atoms with van der Waals surface area (Å²) in [5, 5.41) is 18.0. The number of rotatable bonds is 6. The number of anilines is 1. The van der Waals surface area contributed by atoms with E-state index in [1.165, 1.54) is 0 Å². The van der Waals surface area contributed by atoms with Gasteiger partial charge in [0.1, 0.15) is 0 Å². The largest absolute Gasteiger partial charge is 0.355 e. The van der Waals surface area contributed by atoms with Gasteiger partial charge in [-0.3, -0.25) is 9.78 Å². The van der Waals surface area contributed by atoms with Crippen molar-refractivity contribution in [1.29, 1.82) is 5.26 Å². The van der Waals surface area contributed by atoms with Gasteiger partial charge in [0.05, 0.1) is 11.9 Å². The number of hydrogen-bond acceptors (Lipinski definition) is 4. The number of amides is 1. The molecule has 0 saturated carbocycles.